The Labute approximate surface area is 113 Å². The SMILES string of the molecule is CCCCc1c(C(=O)OCC)c(=O)cc2n1CCC2. The zero-order valence-electron chi connectivity index (χ0n) is 11.7. The first-order valence-corrected chi connectivity index (χ1v) is 7.11. The van der Waals surface area contributed by atoms with Gasteiger partial charge in [-0.2, -0.15) is 0 Å². The number of fused-ring (bicyclic) bond motifs is 1. The van der Waals surface area contributed by atoms with Gasteiger partial charge in [0.15, 0.2) is 5.43 Å². The van der Waals surface area contributed by atoms with Gasteiger partial charge in [0, 0.05) is 24.0 Å². The summed E-state index contributed by atoms with van der Waals surface area (Å²) in [4.78, 5) is 24.2. The fourth-order valence-corrected chi connectivity index (χ4v) is 2.68. The predicted molar refractivity (Wildman–Crippen MR) is 73.6 cm³/mol. The fourth-order valence-electron chi connectivity index (χ4n) is 2.68. The zero-order chi connectivity index (χ0) is 13.8. The highest BCUT2D eigenvalue weighted by Crippen LogP contribution is 2.20. The summed E-state index contributed by atoms with van der Waals surface area (Å²) in [5.74, 6) is -0.471. The summed E-state index contributed by atoms with van der Waals surface area (Å²) in [5.41, 5.74) is 2.00. The topological polar surface area (TPSA) is 48.3 Å². The monoisotopic (exact) mass is 263 g/mol. The Morgan fingerprint density at radius 1 is 1.42 bits per heavy atom. The molecule has 0 radical (unpaired) electrons. The molecule has 4 nitrogen and oxygen atoms in total. The van der Waals surface area contributed by atoms with E-state index in [0.717, 1.165) is 50.0 Å². The van der Waals surface area contributed by atoms with E-state index in [4.69, 9.17) is 4.74 Å². The molecule has 0 N–H and O–H groups in total. The number of hydrogen-bond donors (Lipinski definition) is 0. The average molecular weight is 263 g/mol. The van der Waals surface area contributed by atoms with Gasteiger partial charge in [-0.1, -0.05) is 13.3 Å². The Balaban J connectivity index is 2.50. The number of rotatable bonds is 5. The Hall–Kier alpha value is -1.58. The molecule has 0 aliphatic carbocycles. The minimum Gasteiger partial charge on any atom is -0.462 e. The second-order valence-corrected chi connectivity index (χ2v) is 4.90. The van der Waals surface area contributed by atoms with Crippen LogP contribution in [0.5, 0.6) is 0 Å². The van der Waals surface area contributed by atoms with E-state index in [1.807, 2.05) is 0 Å². The fraction of sp³-hybridized carbons (Fsp3) is 0.600. The Morgan fingerprint density at radius 3 is 2.89 bits per heavy atom. The summed E-state index contributed by atoms with van der Waals surface area (Å²) in [6, 6.07) is 1.61. The van der Waals surface area contributed by atoms with Crippen molar-refractivity contribution < 1.29 is 9.53 Å². The molecule has 1 aromatic rings. The predicted octanol–water partition coefficient (Wildman–Crippen LogP) is 2.31. The molecular formula is C15H21NO3. The third-order valence-electron chi connectivity index (χ3n) is 3.57. The van der Waals surface area contributed by atoms with Gasteiger partial charge >= 0.3 is 5.97 Å². The average Bonchev–Trinajstić information content (AvgIpc) is 2.83. The van der Waals surface area contributed by atoms with Crippen LogP contribution in [0, 0.1) is 0 Å². The van der Waals surface area contributed by atoms with Crippen molar-refractivity contribution in [3.8, 4) is 0 Å². The van der Waals surface area contributed by atoms with Crippen molar-refractivity contribution in [2.75, 3.05) is 6.61 Å². The smallest absolute Gasteiger partial charge is 0.343 e. The number of aromatic nitrogens is 1. The largest absolute Gasteiger partial charge is 0.462 e. The molecule has 2 heterocycles. The number of carbonyl (C=O) groups excluding carboxylic acids is 1. The van der Waals surface area contributed by atoms with E-state index in [0.29, 0.717) is 6.61 Å². The minimum atomic E-state index is -0.471. The number of aryl methyl sites for hydroxylation is 1. The standard InChI is InChI=1S/C15H21NO3/c1-3-5-8-12-14(15(18)19-4-2)13(17)10-11-7-6-9-16(11)12/h10H,3-9H2,1-2H3. The molecule has 0 fully saturated rings. The molecule has 2 rings (SSSR count). The van der Waals surface area contributed by atoms with Crippen molar-refractivity contribution in [3.63, 3.8) is 0 Å². The Kier molecular flexibility index (Phi) is 4.40. The van der Waals surface area contributed by atoms with Crippen molar-refractivity contribution in [2.24, 2.45) is 0 Å². The van der Waals surface area contributed by atoms with Crippen LogP contribution in [0.3, 0.4) is 0 Å². The third-order valence-corrected chi connectivity index (χ3v) is 3.57. The molecule has 104 valence electrons. The highest BCUT2D eigenvalue weighted by molar-refractivity contribution is 5.90. The summed E-state index contributed by atoms with van der Waals surface area (Å²) in [7, 11) is 0. The van der Waals surface area contributed by atoms with Gasteiger partial charge in [-0.3, -0.25) is 4.79 Å². The number of esters is 1. The van der Waals surface area contributed by atoms with Crippen molar-refractivity contribution in [3.05, 3.63) is 33.2 Å². The van der Waals surface area contributed by atoms with Crippen LogP contribution >= 0.6 is 0 Å². The second-order valence-electron chi connectivity index (χ2n) is 4.90. The van der Waals surface area contributed by atoms with E-state index in [1.165, 1.54) is 0 Å². The van der Waals surface area contributed by atoms with E-state index in [1.54, 1.807) is 13.0 Å². The van der Waals surface area contributed by atoms with Crippen LogP contribution in [0.2, 0.25) is 0 Å². The summed E-state index contributed by atoms with van der Waals surface area (Å²) in [6.07, 6.45) is 4.77. The van der Waals surface area contributed by atoms with Gasteiger partial charge in [0.25, 0.3) is 0 Å². The highest BCUT2D eigenvalue weighted by atomic mass is 16.5. The van der Waals surface area contributed by atoms with Gasteiger partial charge in [0.2, 0.25) is 0 Å². The Bertz CT molecular complexity index is 531. The van der Waals surface area contributed by atoms with Crippen molar-refractivity contribution >= 4 is 5.97 Å². The molecular weight excluding hydrogens is 242 g/mol. The lowest BCUT2D eigenvalue weighted by Crippen LogP contribution is -2.25. The lowest BCUT2D eigenvalue weighted by atomic mass is 10.1. The summed E-state index contributed by atoms with van der Waals surface area (Å²) >= 11 is 0. The highest BCUT2D eigenvalue weighted by Gasteiger charge is 2.23. The minimum absolute atomic E-state index is 0.183. The molecule has 1 aliphatic heterocycles. The molecule has 0 amide bonds. The summed E-state index contributed by atoms with van der Waals surface area (Å²) in [5, 5.41) is 0. The first-order chi connectivity index (χ1) is 9.19. The van der Waals surface area contributed by atoms with Gasteiger partial charge in [0.1, 0.15) is 5.56 Å². The molecule has 0 saturated carbocycles. The van der Waals surface area contributed by atoms with E-state index >= 15 is 0 Å². The van der Waals surface area contributed by atoms with Gasteiger partial charge in [-0.25, -0.2) is 4.79 Å². The quantitative estimate of drug-likeness (QED) is 0.766. The first-order valence-electron chi connectivity index (χ1n) is 7.11. The maximum absolute atomic E-state index is 12.2. The maximum Gasteiger partial charge on any atom is 0.343 e. The van der Waals surface area contributed by atoms with Crippen molar-refractivity contribution in [1.82, 2.24) is 4.57 Å². The molecule has 1 aliphatic rings. The lowest BCUT2D eigenvalue weighted by molar-refractivity contribution is 0.0522. The van der Waals surface area contributed by atoms with E-state index < -0.39 is 5.97 Å². The number of ether oxygens (including phenoxy) is 1. The van der Waals surface area contributed by atoms with E-state index in [2.05, 4.69) is 11.5 Å². The van der Waals surface area contributed by atoms with Crippen LogP contribution in [0.1, 0.15) is 54.9 Å². The molecule has 0 saturated heterocycles. The second kappa shape index (κ2) is 6.04. The number of hydrogen-bond acceptors (Lipinski definition) is 3. The first kappa shape index (κ1) is 13.8. The van der Waals surface area contributed by atoms with Gasteiger partial charge in [0.05, 0.1) is 6.61 Å². The number of unbranched alkanes of at least 4 members (excludes halogenated alkanes) is 1. The van der Waals surface area contributed by atoms with Crippen LogP contribution in [0.25, 0.3) is 0 Å². The summed E-state index contributed by atoms with van der Waals surface area (Å²) < 4.78 is 7.18. The van der Waals surface area contributed by atoms with Crippen LogP contribution in [0.15, 0.2) is 10.9 Å². The summed E-state index contributed by atoms with van der Waals surface area (Å²) in [6.45, 7) is 5.07. The molecule has 0 aromatic carbocycles. The number of carbonyl (C=O) groups is 1. The molecule has 0 unspecified atom stereocenters. The third kappa shape index (κ3) is 2.72. The normalized spacial score (nSPS) is 13.4. The molecule has 0 spiro atoms. The zero-order valence-corrected chi connectivity index (χ0v) is 11.7. The van der Waals surface area contributed by atoms with Gasteiger partial charge in [-0.15, -0.1) is 0 Å². The maximum atomic E-state index is 12.2. The van der Waals surface area contributed by atoms with Crippen molar-refractivity contribution in [1.29, 1.82) is 0 Å². The van der Waals surface area contributed by atoms with E-state index in [9.17, 15) is 9.59 Å². The van der Waals surface area contributed by atoms with Crippen LogP contribution in [0.4, 0.5) is 0 Å². The number of nitrogens with zero attached hydrogens (tertiary/aromatic N) is 1. The van der Waals surface area contributed by atoms with Gasteiger partial charge in [-0.05, 0) is 32.6 Å². The number of pyridine rings is 1. The molecule has 0 bridgehead atoms. The Morgan fingerprint density at radius 2 is 2.21 bits per heavy atom. The molecule has 4 heteroatoms. The lowest BCUT2D eigenvalue weighted by Gasteiger charge is -2.15. The molecule has 19 heavy (non-hydrogen) atoms. The van der Waals surface area contributed by atoms with Crippen LogP contribution in [-0.2, 0) is 24.1 Å². The van der Waals surface area contributed by atoms with E-state index in [-0.39, 0.29) is 11.0 Å². The molecule has 1 aromatic heterocycles. The van der Waals surface area contributed by atoms with Crippen molar-refractivity contribution in [2.45, 2.75) is 52.5 Å². The van der Waals surface area contributed by atoms with Gasteiger partial charge < -0.3 is 9.30 Å². The van der Waals surface area contributed by atoms with Crippen LogP contribution in [-0.4, -0.2) is 17.1 Å². The molecule has 0 atom stereocenters. The van der Waals surface area contributed by atoms with Crippen LogP contribution < -0.4 is 5.43 Å².